The van der Waals surface area contributed by atoms with Crippen LogP contribution in [0, 0.1) is 0 Å². The molecule has 0 spiro atoms. The first kappa shape index (κ1) is 20.2. The van der Waals surface area contributed by atoms with Gasteiger partial charge in [0.25, 0.3) is 0 Å². The Morgan fingerprint density at radius 2 is 1.38 bits per heavy atom. The lowest BCUT2D eigenvalue weighted by Gasteiger charge is -2.18. The highest BCUT2D eigenvalue weighted by molar-refractivity contribution is 14.2. The summed E-state index contributed by atoms with van der Waals surface area (Å²) < 4.78 is 5.61. The molecular weight excluding hydrogens is 568 g/mol. The second kappa shape index (κ2) is 11.5. The van der Waals surface area contributed by atoms with E-state index in [0.717, 1.165) is 11.5 Å². The topological polar surface area (TPSA) is 38.3 Å². The van der Waals surface area contributed by atoms with E-state index >= 15 is 0 Å². The van der Waals surface area contributed by atoms with Gasteiger partial charge in [-0.25, -0.2) is 4.79 Å². The number of thioether (sulfide) groups is 2. The van der Waals surface area contributed by atoms with Crippen molar-refractivity contribution in [3.05, 3.63) is 60.7 Å². The zero-order valence-corrected chi connectivity index (χ0v) is 18.7. The van der Waals surface area contributed by atoms with Gasteiger partial charge in [0.15, 0.2) is 0 Å². The van der Waals surface area contributed by atoms with Crippen molar-refractivity contribution in [3.63, 3.8) is 0 Å². The Morgan fingerprint density at radius 1 is 0.917 bits per heavy atom. The van der Waals surface area contributed by atoms with Crippen LogP contribution in [0.2, 0.25) is 0 Å². The average Bonchev–Trinajstić information content (AvgIpc) is 2.58. The number of alkyl halides is 2. The van der Waals surface area contributed by atoms with Crippen LogP contribution < -0.4 is 5.32 Å². The third-order valence-corrected chi connectivity index (χ3v) is 5.77. The third kappa shape index (κ3) is 8.30. The van der Waals surface area contributed by atoms with Gasteiger partial charge in [-0.2, -0.15) is 0 Å². The maximum Gasteiger partial charge on any atom is 0.408 e. The van der Waals surface area contributed by atoms with Crippen molar-refractivity contribution in [1.29, 1.82) is 0 Å². The number of rotatable bonds is 8. The van der Waals surface area contributed by atoms with E-state index in [9.17, 15) is 4.79 Å². The fraction of sp³-hybridized carbons (Fsp3) is 0.235. The van der Waals surface area contributed by atoms with Crippen LogP contribution in [-0.2, 0) is 4.74 Å². The number of carbonyl (C=O) groups excluding carboxylic acids is 1. The van der Waals surface area contributed by atoms with Crippen LogP contribution in [0.25, 0.3) is 0 Å². The quantitative estimate of drug-likeness (QED) is 0.184. The number of amides is 1. The Morgan fingerprint density at radius 3 is 1.79 bits per heavy atom. The molecule has 7 heteroatoms. The Hall–Kier alpha value is -0.130. The number of hydrogen-bond acceptors (Lipinski definition) is 4. The lowest BCUT2D eigenvalue weighted by molar-refractivity contribution is 0.121. The molecule has 2 aromatic carbocycles. The predicted molar refractivity (Wildman–Crippen MR) is 120 cm³/mol. The van der Waals surface area contributed by atoms with E-state index in [1.807, 2.05) is 36.4 Å². The summed E-state index contributed by atoms with van der Waals surface area (Å²) in [4.78, 5) is 14.3. The van der Waals surface area contributed by atoms with Crippen molar-refractivity contribution >= 4 is 74.8 Å². The molecule has 1 N–H and O–H groups in total. The number of alkyl carbamates (subject to hydrolysis) is 1. The van der Waals surface area contributed by atoms with E-state index in [1.54, 1.807) is 23.5 Å². The Labute approximate surface area is 178 Å². The molecular formula is C17H17I2NO2S2. The highest BCUT2D eigenvalue weighted by Crippen LogP contribution is 2.24. The molecule has 3 nitrogen and oxygen atoms in total. The van der Waals surface area contributed by atoms with E-state index in [2.05, 4.69) is 74.8 Å². The molecule has 0 radical (unpaired) electrons. The molecule has 0 aromatic heterocycles. The summed E-state index contributed by atoms with van der Waals surface area (Å²) in [6.07, 6.45) is -0.525. The van der Waals surface area contributed by atoms with Crippen molar-refractivity contribution in [2.24, 2.45) is 0 Å². The molecule has 0 atom stereocenters. The van der Waals surface area contributed by atoms with Crippen LogP contribution in [0.1, 0.15) is 0 Å². The molecule has 0 heterocycles. The number of carbonyl (C=O) groups is 1. The number of benzene rings is 2. The van der Waals surface area contributed by atoms with Crippen LogP contribution in [-0.4, -0.2) is 25.8 Å². The van der Waals surface area contributed by atoms with E-state index in [4.69, 9.17) is 4.74 Å². The Kier molecular flexibility index (Phi) is 9.65. The Bertz CT molecular complexity index is 571. The molecule has 128 valence electrons. The number of nitrogens with one attached hydrogen (secondary N) is 1. The smallest absolute Gasteiger partial charge is 0.408 e. The zero-order chi connectivity index (χ0) is 17.2. The van der Waals surface area contributed by atoms with Gasteiger partial charge in [-0.15, -0.1) is 23.5 Å². The van der Waals surface area contributed by atoms with Gasteiger partial charge < -0.3 is 10.1 Å². The number of hydrogen-bond donors (Lipinski definition) is 1. The molecule has 0 aliphatic carbocycles. The largest absolute Gasteiger partial charge is 0.444 e. The minimum absolute atomic E-state index is 0.0110. The Balaban J connectivity index is 1.90. The maximum absolute atomic E-state index is 11.9. The number of halogens is 2. The lowest BCUT2D eigenvalue weighted by atomic mass is 10.4. The van der Waals surface area contributed by atoms with Crippen molar-refractivity contribution in [3.8, 4) is 0 Å². The summed E-state index contributed by atoms with van der Waals surface area (Å²) >= 11 is 7.67. The molecule has 0 aliphatic heterocycles. The molecule has 24 heavy (non-hydrogen) atoms. The van der Waals surface area contributed by atoms with E-state index in [-0.39, 0.29) is 14.3 Å². The van der Waals surface area contributed by atoms with Gasteiger partial charge in [0, 0.05) is 21.3 Å². The minimum Gasteiger partial charge on any atom is -0.444 e. The van der Waals surface area contributed by atoms with Gasteiger partial charge in [0.2, 0.25) is 0 Å². The fourth-order valence-electron chi connectivity index (χ4n) is 1.80. The monoisotopic (exact) mass is 585 g/mol. The first-order chi connectivity index (χ1) is 11.6. The molecule has 0 fully saturated rings. The third-order valence-electron chi connectivity index (χ3n) is 2.86. The highest BCUT2D eigenvalue weighted by atomic mass is 127. The van der Waals surface area contributed by atoms with Crippen LogP contribution in [0.4, 0.5) is 4.79 Å². The van der Waals surface area contributed by atoms with Gasteiger partial charge in [0.1, 0.15) is 8.16 Å². The van der Waals surface area contributed by atoms with Crippen LogP contribution >= 0.6 is 68.7 Å². The molecule has 1 amide bonds. The second-order valence-electron chi connectivity index (χ2n) is 4.72. The normalized spacial score (nSPS) is 10.8. The molecule has 0 saturated carbocycles. The fourth-order valence-corrected chi connectivity index (χ4v) is 4.29. The first-order valence-electron chi connectivity index (χ1n) is 7.24. The van der Waals surface area contributed by atoms with Crippen molar-refractivity contribution in [2.75, 3.05) is 11.5 Å². The summed E-state index contributed by atoms with van der Waals surface area (Å²) in [6, 6.07) is 20.3. The summed E-state index contributed by atoms with van der Waals surface area (Å²) in [5.74, 6) is 1.45. The lowest BCUT2D eigenvalue weighted by Crippen LogP contribution is -2.33. The summed E-state index contributed by atoms with van der Waals surface area (Å²) in [7, 11) is 0. The van der Waals surface area contributed by atoms with E-state index < -0.39 is 0 Å². The number of ether oxygens (including phenoxy) is 1. The maximum atomic E-state index is 11.9. The van der Waals surface area contributed by atoms with Crippen LogP contribution in [0.3, 0.4) is 0 Å². The van der Waals surface area contributed by atoms with Crippen molar-refractivity contribution in [1.82, 2.24) is 5.32 Å². The molecule has 0 bridgehead atoms. The standard InChI is InChI=1S/C17H17I2NO2S2/c18-16(19)20-17(21)22-13(11-23-14-7-3-1-4-8-14)12-24-15-9-5-2-6-10-15/h1-10,13,16H,11-12H2,(H,20,21). The van der Waals surface area contributed by atoms with Gasteiger partial charge in [-0.3, -0.25) is 0 Å². The van der Waals surface area contributed by atoms with Crippen molar-refractivity contribution in [2.45, 2.75) is 18.0 Å². The highest BCUT2D eigenvalue weighted by Gasteiger charge is 2.17. The van der Waals surface area contributed by atoms with Gasteiger partial charge in [0.05, 0.1) is 0 Å². The van der Waals surface area contributed by atoms with Crippen LogP contribution in [0.15, 0.2) is 70.5 Å². The first-order valence-corrected chi connectivity index (χ1v) is 11.7. The summed E-state index contributed by atoms with van der Waals surface area (Å²) in [5.41, 5.74) is 0. The summed E-state index contributed by atoms with van der Waals surface area (Å²) in [6.45, 7) is 0. The average molecular weight is 585 g/mol. The summed E-state index contributed by atoms with van der Waals surface area (Å²) in [5, 5.41) is 2.76. The van der Waals surface area contributed by atoms with Gasteiger partial charge >= 0.3 is 6.09 Å². The zero-order valence-electron chi connectivity index (χ0n) is 12.7. The van der Waals surface area contributed by atoms with Crippen molar-refractivity contribution < 1.29 is 9.53 Å². The van der Waals surface area contributed by atoms with E-state index in [1.165, 1.54) is 9.79 Å². The second-order valence-corrected chi connectivity index (χ2v) is 11.8. The molecule has 0 saturated heterocycles. The van der Waals surface area contributed by atoms with E-state index in [0.29, 0.717) is 0 Å². The predicted octanol–water partition coefficient (Wildman–Crippen LogP) is 5.82. The molecule has 2 rings (SSSR count). The van der Waals surface area contributed by atoms with Gasteiger partial charge in [-0.1, -0.05) is 36.4 Å². The SMILES string of the molecule is O=C(NC(I)I)OC(CSc1ccccc1)CSc1ccccc1. The molecule has 2 aromatic rings. The van der Waals surface area contributed by atoms with Crippen LogP contribution in [0.5, 0.6) is 0 Å². The molecule has 0 aliphatic rings. The molecule has 0 unspecified atom stereocenters. The van der Waals surface area contributed by atoms with Gasteiger partial charge in [-0.05, 0) is 69.4 Å². The minimum atomic E-state index is -0.365.